The van der Waals surface area contributed by atoms with E-state index in [1.54, 1.807) is 0 Å². The summed E-state index contributed by atoms with van der Waals surface area (Å²) in [5, 5.41) is 8.49. The molecule has 0 atom stereocenters. The zero-order valence-corrected chi connectivity index (χ0v) is 14.0. The van der Waals surface area contributed by atoms with Gasteiger partial charge >= 0.3 is 0 Å². The normalized spacial score (nSPS) is 10.0. The molecule has 5 nitrogen and oxygen atoms in total. The average Bonchev–Trinajstić information content (AvgIpc) is 2.56. The third kappa shape index (κ3) is 12.6. The van der Waals surface area contributed by atoms with Crippen LogP contribution in [-0.2, 0) is 14.2 Å². The van der Waals surface area contributed by atoms with Crippen molar-refractivity contribution in [3.05, 3.63) is 29.8 Å². The largest absolute Gasteiger partial charge is 0.491 e. The topological polar surface area (TPSA) is 57.2 Å². The van der Waals surface area contributed by atoms with Crippen LogP contribution in [0.4, 0.5) is 0 Å². The number of aryl methyl sites for hydroxylation is 1. The molecule has 0 aromatic heterocycles. The van der Waals surface area contributed by atoms with Crippen LogP contribution in [0.1, 0.15) is 19.4 Å². The van der Waals surface area contributed by atoms with Gasteiger partial charge in [-0.25, -0.2) is 0 Å². The SMILES string of the molecule is CC.Cc1ccc(OCCOCCOCCOCCO)cc1. The van der Waals surface area contributed by atoms with E-state index in [2.05, 4.69) is 0 Å². The summed E-state index contributed by atoms with van der Waals surface area (Å²) in [5.41, 5.74) is 1.22. The van der Waals surface area contributed by atoms with Crippen LogP contribution in [0.15, 0.2) is 24.3 Å². The van der Waals surface area contributed by atoms with Gasteiger partial charge in [-0.05, 0) is 19.1 Å². The molecule has 0 unspecified atom stereocenters. The molecular formula is C17H30O5. The van der Waals surface area contributed by atoms with Crippen molar-refractivity contribution >= 4 is 0 Å². The lowest BCUT2D eigenvalue weighted by molar-refractivity contribution is 0.00361. The molecule has 1 N–H and O–H groups in total. The predicted octanol–water partition coefficient (Wildman–Crippen LogP) is 2.44. The van der Waals surface area contributed by atoms with Crippen LogP contribution in [0, 0.1) is 6.92 Å². The molecule has 22 heavy (non-hydrogen) atoms. The van der Waals surface area contributed by atoms with Crippen LogP contribution >= 0.6 is 0 Å². The molecule has 0 fully saturated rings. The Balaban J connectivity index is 0.00000211. The van der Waals surface area contributed by atoms with Crippen molar-refractivity contribution in [2.75, 3.05) is 52.9 Å². The summed E-state index contributed by atoms with van der Waals surface area (Å²) in [6.45, 7) is 9.60. The van der Waals surface area contributed by atoms with Crippen molar-refractivity contribution in [3.63, 3.8) is 0 Å². The van der Waals surface area contributed by atoms with Gasteiger partial charge in [0.2, 0.25) is 0 Å². The van der Waals surface area contributed by atoms with Crippen molar-refractivity contribution in [2.24, 2.45) is 0 Å². The quantitative estimate of drug-likeness (QED) is 0.601. The molecule has 128 valence electrons. The summed E-state index contributed by atoms with van der Waals surface area (Å²) in [6, 6.07) is 7.93. The van der Waals surface area contributed by atoms with Crippen molar-refractivity contribution in [1.29, 1.82) is 0 Å². The van der Waals surface area contributed by atoms with Crippen LogP contribution in [0.2, 0.25) is 0 Å². The Labute approximate surface area is 134 Å². The lowest BCUT2D eigenvalue weighted by atomic mass is 10.2. The van der Waals surface area contributed by atoms with Gasteiger partial charge in [0, 0.05) is 0 Å². The highest BCUT2D eigenvalue weighted by atomic mass is 16.6. The fourth-order valence-electron chi connectivity index (χ4n) is 1.46. The number of hydrogen-bond acceptors (Lipinski definition) is 5. The molecule has 0 bridgehead atoms. The number of aliphatic hydroxyl groups is 1. The molecule has 0 spiro atoms. The molecule has 0 amide bonds. The number of ether oxygens (including phenoxy) is 4. The smallest absolute Gasteiger partial charge is 0.119 e. The lowest BCUT2D eigenvalue weighted by Crippen LogP contribution is -2.13. The summed E-state index contributed by atoms with van der Waals surface area (Å²) >= 11 is 0. The van der Waals surface area contributed by atoms with Gasteiger partial charge in [0.25, 0.3) is 0 Å². The Kier molecular flexibility index (Phi) is 15.4. The molecule has 0 saturated carbocycles. The van der Waals surface area contributed by atoms with Crippen LogP contribution in [0.25, 0.3) is 0 Å². The zero-order valence-electron chi connectivity index (χ0n) is 14.0. The van der Waals surface area contributed by atoms with Crippen molar-refractivity contribution in [2.45, 2.75) is 20.8 Å². The van der Waals surface area contributed by atoms with Gasteiger partial charge in [0.05, 0.1) is 46.2 Å². The maximum atomic E-state index is 8.49. The minimum atomic E-state index is 0.0457. The summed E-state index contributed by atoms with van der Waals surface area (Å²) < 4.78 is 21.2. The van der Waals surface area contributed by atoms with Crippen molar-refractivity contribution in [3.8, 4) is 5.75 Å². The first-order chi connectivity index (χ1) is 10.8. The standard InChI is InChI=1S/C15H24O5.C2H6/c1-14-2-4-15(5-3-14)20-13-12-19-11-10-18-9-8-17-7-6-16;1-2/h2-5,16H,6-13H2,1H3;1-2H3. The summed E-state index contributed by atoms with van der Waals surface area (Å²) in [6.07, 6.45) is 0. The van der Waals surface area contributed by atoms with Gasteiger partial charge in [-0.2, -0.15) is 0 Å². The fourth-order valence-corrected chi connectivity index (χ4v) is 1.46. The molecule has 0 aliphatic heterocycles. The van der Waals surface area contributed by atoms with Crippen LogP contribution in [-0.4, -0.2) is 58.0 Å². The lowest BCUT2D eigenvalue weighted by Gasteiger charge is -2.08. The molecule has 0 aliphatic rings. The van der Waals surface area contributed by atoms with Gasteiger partial charge in [-0.1, -0.05) is 31.5 Å². The van der Waals surface area contributed by atoms with Gasteiger partial charge in [0.15, 0.2) is 0 Å². The molecule has 1 aromatic rings. The molecule has 0 saturated heterocycles. The number of aliphatic hydroxyl groups excluding tert-OH is 1. The van der Waals surface area contributed by atoms with Crippen LogP contribution in [0.3, 0.4) is 0 Å². The Bertz CT molecular complexity index is 326. The minimum absolute atomic E-state index is 0.0457. The van der Waals surface area contributed by atoms with Gasteiger partial charge in [-0.3, -0.25) is 0 Å². The third-order valence-corrected chi connectivity index (χ3v) is 2.50. The van der Waals surface area contributed by atoms with E-state index in [1.807, 2.05) is 45.0 Å². The second-order valence-corrected chi connectivity index (χ2v) is 4.22. The molecule has 5 heteroatoms. The summed E-state index contributed by atoms with van der Waals surface area (Å²) in [5.74, 6) is 0.858. The van der Waals surface area contributed by atoms with Crippen LogP contribution in [0.5, 0.6) is 5.75 Å². The second kappa shape index (κ2) is 16.2. The Hall–Kier alpha value is -1.14. The molecule has 0 heterocycles. The van der Waals surface area contributed by atoms with E-state index >= 15 is 0 Å². The highest BCUT2D eigenvalue weighted by Crippen LogP contribution is 2.10. The van der Waals surface area contributed by atoms with E-state index in [0.29, 0.717) is 46.2 Å². The Morgan fingerprint density at radius 1 is 0.727 bits per heavy atom. The molecule has 0 radical (unpaired) electrons. The maximum Gasteiger partial charge on any atom is 0.119 e. The van der Waals surface area contributed by atoms with Gasteiger partial charge in [0.1, 0.15) is 12.4 Å². The number of rotatable bonds is 12. The van der Waals surface area contributed by atoms with Crippen molar-refractivity contribution < 1.29 is 24.1 Å². The average molecular weight is 314 g/mol. The van der Waals surface area contributed by atoms with E-state index < -0.39 is 0 Å². The van der Waals surface area contributed by atoms with E-state index in [0.717, 1.165) is 5.75 Å². The monoisotopic (exact) mass is 314 g/mol. The number of benzene rings is 1. The van der Waals surface area contributed by atoms with Gasteiger partial charge in [-0.15, -0.1) is 0 Å². The Morgan fingerprint density at radius 2 is 1.18 bits per heavy atom. The highest BCUT2D eigenvalue weighted by Gasteiger charge is 1.94. The highest BCUT2D eigenvalue weighted by molar-refractivity contribution is 5.26. The zero-order chi connectivity index (χ0) is 16.5. The van der Waals surface area contributed by atoms with E-state index in [9.17, 15) is 0 Å². The first-order valence-electron chi connectivity index (χ1n) is 7.86. The molecule has 0 aliphatic carbocycles. The third-order valence-electron chi connectivity index (χ3n) is 2.50. The number of hydrogen-bond donors (Lipinski definition) is 1. The minimum Gasteiger partial charge on any atom is -0.491 e. The summed E-state index contributed by atoms with van der Waals surface area (Å²) in [4.78, 5) is 0. The molecule has 1 aromatic carbocycles. The van der Waals surface area contributed by atoms with E-state index in [-0.39, 0.29) is 6.61 Å². The van der Waals surface area contributed by atoms with Crippen molar-refractivity contribution in [1.82, 2.24) is 0 Å². The Morgan fingerprint density at radius 3 is 1.68 bits per heavy atom. The fraction of sp³-hybridized carbons (Fsp3) is 0.647. The molecule has 1 rings (SSSR count). The summed E-state index contributed by atoms with van der Waals surface area (Å²) in [7, 11) is 0. The van der Waals surface area contributed by atoms with Crippen LogP contribution < -0.4 is 4.74 Å². The van der Waals surface area contributed by atoms with Gasteiger partial charge < -0.3 is 24.1 Å². The maximum absolute atomic E-state index is 8.49. The predicted molar refractivity (Wildman–Crippen MR) is 87.6 cm³/mol. The first-order valence-corrected chi connectivity index (χ1v) is 7.86. The second-order valence-electron chi connectivity index (χ2n) is 4.22. The molecular weight excluding hydrogens is 284 g/mol. The first kappa shape index (κ1) is 20.9. The van der Waals surface area contributed by atoms with E-state index in [4.69, 9.17) is 24.1 Å². The van der Waals surface area contributed by atoms with E-state index in [1.165, 1.54) is 5.56 Å².